The number of hydrogen-bond donors (Lipinski definition) is 0. The molecule has 3 aromatic rings. The fraction of sp³-hybridized carbons (Fsp3) is 0.375. The largest absolute Gasteiger partial charge is 0.462 e. The Kier molecular flexibility index (Phi) is 9.30. The molecule has 0 unspecified atom stereocenters. The highest BCUT2D eigenvalue weighted by Crippen LogP contribution is 2.20. The van der Waals surface area contributed by atoms with Gasteiger partial charge in [-0.25, -0.2) is 17.6 Å². The van der Waals surface area contributed by atoms with E-state index < -0.39 is 27.5 Å². The van der Waals surface area contributed by atoms with Crippen molar-refractivity contribution in [2.45, 2.75) is 38.1 Å². The SMILES string of the molecule is CCOCCn1c(=NC(=O)CCCS(=O)(=O)c2ccc(F)cc2)sc2cc(C(=O)OCC)ccc21. The number of sulfone groups is 1. The molecule has 0 aliphatic carbocycles. The quantitative estimate of drug-likeness (QED) is 0.216. The lowest BCUT2D eigenvalue weighted by molar-refractivity contribution is -0.118. The number of aromatic nitrogens is 1. The molecule has 3 rings (SSSR count). The van der Waals surface area contributed by atoms with Crippen LogP contribution in [0.1, 0.15) is 37.0 Å². The molecule has 0 spiro atoms. The van der Waals surface area contributed by atoms with E-state index >= 15 is 0 Å². The average molecular weight is 523 g/mol. The van der Waals surface area contributed by atoms with Crippen LogP contribution in [-0.4, -0.2) is 50.4 Å². The summed E-state index contributed by atoms with van der Waals surface area (Å²) in [6, 6.07) is 9.74. The predicted octanol–water partition coefficient (Wildman–Crippen LogP) is 3.74. The van der Waals surface area contributed by atoms with Crippen molar-refractivity contribution < 1.29 is 31.9 Å². The molecule has 35 heavy (non-hydrogen) atoms. The first-order valence-corrected chi connectivity index (χ1v) is 13.7. The lowest BCUT2D eigenvalue weighted by Gasteiger charge is -2.06. The minimum absolute atomic E-state index is 0.0129. The Labute approximate surface area is 206 Å². The van der Waals surface area contributed by atoms with Crippen molar-refractivity contribution in [3.63, 3.8) is 0 Å². The number of benzene rings is 2. The van der Waals surface area contributed by atoms with Gasteiger partial charge in [0.25, 0.3) is 0 Å². The number of ether oxygens (including phenoxy) is 2. The fourth-order valence-electron chi connectivity index (χ4n) is 3.35. The van der Waals surface area contributed by atoms with Crippen molar-refractivity contribution in [2.24, 2.45) is 4.99 Å². The van der Waals surface area contributed by atoms with E-state index in [1.54, 1.807) is 25.1 Å². The molecular weight excluding hydrogens is 495 g/mol. The zero-order valence-electron chi connectivity index (χ0n) is 19.5. The maximum Gasteiger partial charge on any atom is 0.338 e. The van der Waals surface area contributed by atoms with E-state index in [-0.39, 0.29) is 30.1 Å². The molecule has 0 N–H and O–H groups in total. The first-order valence-electron chi connectivity index (χ1n) is 11.2. The first kappa shape index (κ1) is 26.7. The van der Waals surface area contributed by atoms with Crippen LogP contribution in [0.4, 0.5) is 4.39 Å². The first-order chi connectivity index (χ1) is 16.7. The van der Waals surface area contributed by atoms with Gasteiger partial charge in [-0.1, -0.05) is 11.3 Å². The van der Waals surface area contributed by atoms with Gasteiger partial charge in [0.2, 0.25) is 5.91 Å². The molecule has 0 saturated carbocycles. The van der Waals surface area contributed by atoms with Crippen LogP contribution < -0.4 is 4.80 Å². The third-order valence-electron chi connectivity index (χ3n) is 5.05. The molecule has 11 heteroatoms. The van der Waals surface area contributed by atoms with E-state index in [0.717, 1.165) is 22.3 Å². The summed E-state index contributed by atoms with van der Waals surface area (Å²) in [6.45, 7) is 5.30. The fourth-order valence-corrected chi connectivity index (χ4v) is 5.78. The van der Waals surface area contributed by atoms with Gasteiger partial charge >= 0.3 is 5.97 Å². The average Bonchev–Trinajstić information content (AvgIpc) is 3.15. The summed E-state index contributed by atoms with van der Waals surface area (Å²) in [6.07, 6.45) is 0.0209. The molecule has 0 bridgehead atoms. The Hall–Kier alpha value is -2.89. The molecule has 2 aromatic carbocycles. The van der Waals surface area contributed by atoms with Crippen LogP contribution in [0.3, 0.4) is 0 Å². The Balaban J connectivity index is 1.79. The Morgan fingerprint density at radius 2 is 1.83 bits per heavy atom. The second-order valence-corrected chi connectivity index (χ2v) is 10.6. The highest BCUT2D eigenvalue weighted by molar-refractivity contribution is 7.91. The van der Waals surface area contributed by atoms with Gasteiger partial charge in [0.15, 0.2) is 14.6 Å². The van der Waals surface area contributed by atoms with Crippen molar-refractivity contribution in [3.8, 4) is 0 Å². The van der Waals surface area contributed by atoms with Gasteiger partial charge in [-0.2, -0.15) is 4.99 Å². The Bertz CT molecular complexity index is 1360. The third-order valence-corrected chi connectivity index (χ3v) is 7.91. The maximum absolute atomic E-state index is 13.1. The van der Waals surface area contributed by atoms with E-state index in [1.165, 1.54) is 23.5 Å². The standard InChI is InChI=1S/C24H27FN2O6S2/c1-3-32-14-13-27-20-12-7-17(23(29)33-4-2)16-21(20)34-24(27)26-22(28)6-5-15-35(30,31)19-10-8-18(25)9-11-19/h7-12,16H,3-6,13-15H2,1-2H3. The van der Waals surface area contributed by atoms with Crippen molar-refractivity contribution in [3.05, 3.63) is 58.6 Å². The molecule has 188 valence electrons. The molecule has 0 aliphatic heterocycles. The van der Waals surface area contributed by atoms with Crippen LogP contribution in [0.5, 0.6) is 0 Å². The molecule has 0 atom stereocenters. The van der Waals surface area contributed by atoms with Crippen molar-refractivity contribution >= 4 is 43.3 Å². The van der Waals surface area contributed by atoms with Gasteiger partial charge in [-0.15, -0.1) is 0 Å². The number of thiazole rings is 1. The molecule has 0 fully saturated rings. The van der Waals surface area contributed by atoms with Crippen molar-refractivity contribution in [1.29, 1.82) is 0 Å². The summed E-state index contributed by atoms with van der Waals surface area (Å²) in [7, 11) is -3.63. The number of amides is 1. The number of carbonyl (C=O) groups excluding carboxylic acids is 2. The number of hydrogen-bond acceptors (Lipinski definition) is 7. The predicted molar refractivity (Wildman–Crippen MR) is 131 cm³/mol. The Morgan fingerprint density at radius 1 is 1.09 bits per heavy atom. The lowest BCUT2D eigenvalue weighted by Crippen LogP contribution is -2.20. The van der Waals surface area contributed by atoms with E-state index in [4.69, 9.17) is 9.47 Å². The topological polar surface area (TPSA) is 104 Å². The van der Waals surface area contributed by atoms with Gasteiger partial charge < -0.3 is 14.0 Å². The number of halogens is 1. The second kappa shape index (κ2) is 12.2. The van der Waals surface area contributed by atoms with Crippen LogP contribution in [0.15, 0.2) is 52.4 Å². The summed E-state index contributed by atoms with van der Waals surface area (Å²) >= 11 is 1.26. The summed E-state index contributed by atoms with van der Waals surface area (Å²) in [4.78, 5) is 29.3. The summed E-state index contributed by atoms with van der Waals surface area (Å²) in [5.41, 5.74) is 1.20. The zero-order valence-corrected chi connectivity index (χ0v) is 21.2. The smallest absolute Gasteiger partial charge is 0.338 e. The lowest BCUT2D eigenvalue weighted by atomic mass is 10.2. The monoisotopic (exact) mass is 522 g/mol. The van der Waals surface area contributed by atoms with Crippen molar-refractivity contribution in [1.82, 2.24) is 4.57 Å². The van der Waals surface area contributed by atoms with Gasteiger partial charge in [-0.05, 0) is 62.7 Å². The van der Waals surface area contributed by atoms with Gasteiger partial charge in [-0.3, -0.25) is 4.79 Å². The van der Waals surface area contributed by atoms with Crippen molar-refractivity contribution in [2.75, 3.05) is 25.6 Å². The molecular formula is C24H27FN2O6S2. The number of carbonyl (C=O) groups is 2. The molecule has 8 nitrogen and oxygen atoms in total. The maximum atomic E-state index is 13.1. The zero-order chi connectivity index (χ0) is 25.4. The number of fused-ring (bicyclic) bond motifs is 1. The van der Waals surface area contributed by atoms with Crippen LogP contribution in [0.25, 0.3) is 10.2 Å². The molecule has 0 radical (unpaired) electrons. The highest BCUT2D eigenvalue weighted by atomic mass is 32.2. The van der Waals surface area contributed by atoms with Crippen LogP contribution in [-0.2, 0) is 30.7 Å². The summed E-state index contributed by atoms with van der Waals surface area (Å²) < 4.78 is 51.0. The second-order valence-electron chi connectivity index (χ2n) is 7.52. The molecule has 0 saturated heterocycles. The van der Waals surface area contributed by atoms with Crippen LogP contribution in [0, 0.1) is 5.82 Å². The summed E-state index contributed by atoms with van der Waals surface area (Å²) in [5.74, 6) is -1.66. The number of esters is 1. The van der Waals surface area contributed by atoms with Crippen LogP contribution >= 0.6 is 11.3 Å². The van der Waals surface area contributed by atoms with E-state index in [0.29, 0.717) is 30.1 Å². The molecule has 1 heterocycles. The third kappa shape index (κ3) is 7.06. The minimum Gasteiger partial charge on any atom is -0.462 e. The van der Waals surface area contributed by atoms with Gasteiger partial charge in [0.05, 0.1) is 39.6 Å². The number of rotatable bonds is 11. The summed E-state index contributed by atoms with van der Waals surface area (Å²) in [5, 5.41) is 0. The van der Waals surface area contributed by atoms with Gasteiger partial charge in [0.1, 0.15) is 5.82 Å². The number of nitrogens with zero attached hydrogens (tertiary/aromatic N) is 2. The van der Waals surface area contributed by atoms with E-state index in [9.17, 15) is 22.4 Å². The molecule has 1 aromatic heterocycles. The van der Waals surface area contributed by atoms with Crippen LogP contribution in [0.2, 0.25) is 0 Å². The van der Waals surface area contributed by atoms with Gasteiger partial charge in [0, 0.05) is 19.6 Å². The normalized spacial score (nSPS) is 12.3. The highest BCUT2D eigenvalue weighted by Gasteiger charge is 2.16. The molecule has 1 amide bonds. The van der Waals surface area contributed by atoms with E-state index in [2.05, 4.69) is 4.99 Å². The minimum atomic E-state index is -3.63. The van der Waals surface area contributed by atoms with E-state index in [1.807, 2.05) is 11.5 Å². The Morgan fingerprint density at radius 3 is 2.51 bits per heavy atom. The molecule has 0 aliphatic rings.